The monoisotopic (exact) mass is 529 g/mol. The average molecular weight is 530 g/mol. The van der Waals surface area contributed by atoms with Crippen molar-refractivity contribution in [1.29, 1.82) is 0 Å². The van der Waals surface area contributed by atoms with Gasteiger partial charge in [0.2, 0.25) is 5.96 Å². The second-order valence-electron chi connectivity index (χ2n) is 5.99. The Morgan fingerprint density at radius 3 is 2.20 bits per heavy atom. The normalized spacial score (nSPS) is 11.7. The van der Waals surface area contributed by atoms with E-state index < -0.39 is 0 Å². The lowest BCUT2D eigenvalue weighted by molar-refractivity contribution is 0.0975. The molecule has 0 unspecified atom stereocenters. The van der Waals surface area contributed by atoms with Crippen molar-refractivity contribution in [3.63, 3.8) is 0 Å². The van der Waals surface area contributed by atoms with Gasteiger partial charge in [0.05, 0.1) is 12.4 Å². The number of guanidine groups is 1. The van der Waals surface area contributed by atoms with Crippen molar-refractivity contribution in [2.24, 2.45) is 15.3 Å². The van der Waals surface area contributed by atoms with Crippen molar-refractivity contribution in [3.8, 4) is 0 Å². The molecule has 30 heavy (non-hydrogen) atoms. The highest BCUT2D eigenvalue weighted by Crippen LogP contribution is 2.08. The Balaban J connectivity index is 1.73. The third-order valence-corrected chi connectivity index (χ3v) is 4.73. The van der Waals surface area contributed by atoms with Crippen LogP contribution in [0.3, 0.4) is 0 Å². The number of nitrogens with one attached hydrogen (secondary N) is 2. The van der Waals surface area contributed by atoms with E-state index in [0.29, 0.717) is 10.6 Å². The highest BCUT2D eigenvalue weighted by Gasteiger charge is 2.07. The van der Waals surface area contributed by atoms with Crippen LogP contribution in [0.5, 0.6) is 0 Å². The lowest BCUT2D eigenvalue weighted by atomic mass is 10.2. The third-order valence-electron chi connectivity index (χ3n) is 3.76. The number of amides is 1. The molecule has 2 N–H and O–H groups in total. The first-order valence-corrected chi connectivity index (χ1v) is 10.3. The van der Waals surface area contributed by atoms with Crippen LogP contribution in [0.4, 0.5) is 0 Å². The zero-order valence-corrected chi connectivity index (χ0v) is 18.6. The number of nitrogens with zero attached hydrogens (tertiary/aromatic N) is 3. The van der Waals surface area contributed by atoms with Gasteiger partial charge in [-0.25, -0.2) is 5.43 Å². The fourth-order valence-electron chi connectivity index (χ4n) is 2.26. The molecule has 0 fully saturated rings. The number of hydrogen-bond acceptors (Lipinski definition) is 4. The van der Waals surface area contributed by atoms with E-state index in [1.54, 1.807) is 48.8 Å². The van der Waals surface area contributed by atoms with E-state index in [9.17, 15) is 4.79 Å². The molecule has 0 spiro atoms. The molecular weight excluding hydrogens is 513 g/mol. The molecule has 0 heterocycles. The van der Waals surface area contributed by atoms with Gasteiger partial charge in [-0.3, -0.25) is 10.1 Å². The van der Waals surface area contributed by atoms with Crippen LogP contribution in [0.25, 0.3) is 0 Å². The van der Waals surface area contributed by atoms with Crippen molar-refractivity contribution in [1.82, 2.24) is 10.7 Å². The van der Waals surface area contributed by atoms with Gasteiger partial charge < -0.3 is 0 Å². The number of carbonyl (C=O) groups is 1. The lowest BCUT2D eigenvalue weighted by Gasteiger charge is -2.06. The van der Waals surface area contributed by atoms with E-state index in [4.69, 9.17) is 11.6 Å². The van der Waals surface area contributed by atoms with E-state index in [1.165, 1.54) is 0 Å². The standard InChI is InChI=1S/C22H17ClIN5O/c23-19-10-6-16(7-11-19)14-25-28-22(27-21(30)18-4-2-1-3-5-18)29-26-15-17-8-12-20(24)13-9-17/h1-15H,(H2,27,28,29,30). The lowest BCUT2D eigenvalue weighted by Crippen LogP contribution is -2.38. The predicted molar refractivity (Wildman–Crippen MR) is 130 cm³/mol. The summed E-state index contributed by atoms with van der Waals surface area (Å²) in [6.45, 7) is 0. The maximum atomic E-state index is 12.4. The Morgan fingerprint density at radius 2 is 1.50 bits per heavy atom. The van der Waals surface area contributed by atoms with Crippen molar-refractivity contribution in [2.45, 2.75) is 0 Å². The van der Waals surface area contributed by atoms with Crippen molar-refractivity contribution >= 4 is 58.5 Å². The molecule has 150 valence electrons. The molecule has 0 saturated carbocycles. The maximum Gasteiger partial charge on any atom is 0.258 e. The predicted octanol–water partition coefficient (Wildman–Crippen LogP) is 4.69. The van der Waals surface area contributed by atoms with E-state index in [1.807, 2.05) is 42.5 Å². The van der Waals surface area contributed by atoms with E-state index in [-0.39, 0.29) is 11.9 Å². The SMILES string of the molecule is O=C(NC(=NN=Cc1ccc(Cl)cc1)NN=Cc1ccc(I)cc1)c1ccccc1. The smallest absolute Gasteiger partial charge is 0.258 e. The zero-order valence-electron chi connectivity index (χ0n) is 15.7. The molecule has 0 aliphatic rings. The molecule has 3 aromatic rings. The summed E-state index contributed by atoms with van der Waals surface area (Å²) < 4.78 is 1.13. The minimum absolute atomic E-state index is 0.0934. The first kappa shape index (κ1) is 21.7. The van der Waals surface area contributed by atoms with Gasteiger partial charge >= 0.3 is 0 Å². The van der Waals surface area contributed by atoms with Gasteiger partial charge in [0.25, 0.3) is 5.91 Å². The summed E-state index contributed by atoms with van der Waals surface area (Å²) in [7, 11) is 0. The van der Waals surface area contributed by atoms with E-state index >= 15 is 0 Å². The first-order chi connectivity index (χ1) is 14.6. The van der Waals surface area contributed by atoms with E-state index in [2.05, 4.69) is 48.6 Å². The molecule has 1 amide bonds. The van der Waals surface area contributed by atoms with Gasteiger partial charge in [0.15, 0.2) is 0 Å². The Kier molecular flexibility index (Phi) is 8.10. The largest absolute Gasteiger partial charge is 0.290 e. The topological polar surface area (TPSA) is 78.2 Å². The summed E-state index contributed by atoms with van der Waals surface area (Å²) in [6.07, 6.45) is 3.18. The zero-order chi connectivity index (χ0) is 21.2. The van der Waals surface area contributed by atoms with Crippen molar-refractivity contribution in [3.05, 3.63) is 104 Å². The molecule has 0 aliphatic heterocycles. The third kappa shape index (κ3) is 7.09. The number of hydrazone groups is 1. The van der Waals surface area contributed by atoms with Crippen LogP contribution in [-0.4, -0.2) is 24.3 Å². The minimum atomic E-state index is -0.326. The minimum Gasteiger partial charge on any atom is -0.290 e. The fraction of sp³-hybridized carbons (Fsp3) is 0. The maximum absolute atomic E-state index is 12.4. The van der Waals surface area contributed by atoms with Crippen LogP contribution in [-0.2, 0) is 0 Å². The van der Waals surface area contributed by atoms with Crippen LogP contribution in [0.1, 0.15) is 21.5 Å². The molecule has 0 bridgehead atoms. The molecule has 0 radical (unpaired) electrons. The number of hydrogen-bond donors (Lipinski definition) is 2. The second kappa shape index (κ2) is 11.2. The molecule has 8 heteroatoms. The van der Waals surface area contributed by atoms with Crippen LogP contribution in [0.2, 0.25) is 5.02 Å². The van der Waals surface area contributed by atoms with Gasteiger partial charge in [-0.2, -0.15) is 10.2 Å². The van der Waals surface area contributed by atoms with Crippen LogP contribution in [0, 0.1) is 3.57 Å². The first-order valence-electron chi connectivity index (χ1n) is 8.88. The molecule has 3 aromatic carbocycles. The van der Waals surface area contributed by atoms with Gasteiger partial charge in [-0.15, -0.1) is 5.10 Å². The van der Waals surface area contributed by atoms with E-state index in [0.717, 1.165) is 14.7 Å². The Hall–Kier alpha value is -3.04. The molecule has 3 rings (SSSR count). The van der Waals surface area contributed by atoms with Crippen LogP contribution < -0.4 is 10.7 Å². The molecule has 0 atom stereocenters. The number of halogens is 2. The van der Waals surface area contributed by atoms with Crippen LogP contribution >= 0.6 is 34.2 Å². The highest BCUT2D eigenvalue weighted by atomic mass is 127. The van der Waals surface area contributed by atoms with Crippen molar-refractivity contribution < 1.29 is 4.79 Å². The summed E-state index contributed by atoms with van der Waals surface area (Å²) in [4.78, 5) is 12.4. The molecule has 0 saturated heterocycles. The summed E-state index contributed by atoms with van der Waals surface area (Å²) in [5.74, 6) is -0.233. The number of carbonyl (C=O) groups excluding carboxylic acids is 1. The van der Waals surface area contributed by atoms with Crippen molar-refractivity contribution in [2.75, 3.05) is 0 Å². The van der Waals surface area contributed by atoms with Gasteiger partial charge in [0.1, 0.15) is 0 Å². The Morgan fingerprint density at radius 1 is 0.867 bits per heavy atom. The highest BCUT2D eigenvalue weighted by molar-refractivity contribution is 14.1. The van der Waals surface area contributed by atoms with Gasteiger partial charge in [-0.1, -0.05) is 54.1 Å². The summed E-state index contributed by atoms with van der Waals surface area (Å²) in [6, 6.07) is 23.8. The van der Waals surface area contributed by atoms with Crippen LogP contribution in [0.15, 0.2) is 94.2 Å². The molecule has 0 aromatic heterocycles. The quantitative estimate of drug-likeness (QED) is 0.218. The average Bonchev–Trinajstić information content (AvgIpc) is 2.77. The van der Waals surface area contributed by atoms with Gasteiger partial charge in [-0.05, 0) is 70.1 Å². The molecular formula is C22H17ClIN5O. The Bertz CT molecular complexity index is 1060. The van der Waals surface area contributed by atoms with Gasteiger partial charge in [0, 0.05) is 14.2 Å². The second-order valence-corrected chi connectivity index (χ2v) is 7.67. The summed E-state index contributed by atoms with van der Waals surface area (Å²) >= 11 is 8.12. The summed E-state index contributed by atoms with van der Waals surface area (Å²) in [5.41, 5.74) is 4.95. The molecule has 6 nitrogen and oxygen atoms in total. The molecule has 0 aliphatic carbocycles. The summed E-state index contributed by atoms with van der Waals surface area (Å²) in [5, 5.41) is 15.5. The number of benzene rings is 3. The fourth-order valence-corrected chi connectivity index (χ4v) is 2.75. The Labute approximate surface area is 192 Å². The number of rotatable bonds is 5.